The Labute approximate surface area is 99.9 Å². The minimum Gasteiger partial charge on any atom is -0.399 e. The van der Waals surface area contributed by atoms with Gasteiger partial charge in [-0.05, 0) is 36.2 Å². The SMILES string of the molecule is Cc1ccnc(N)c1C(O)c1cccc(N)c1. The number of pyridine rings is 1. The molecule has 0 spiro atoms. The van der Waals surface area contributed by atoms with Gasteiger partial charge in [-0.25, -0.2) is 4.98 Å². The molecule has 0 bridgehead atoms. The smallest absolute Gasteiger partial charge is 0.129 e. The number of benzene rings is 1. The number of rotatable bonds is 2. The molecule has 1 aromatic carbocycles. The van der Waals surface area contributed by atoms with Crippen LogP contribution in [0, 0.1) is 6.92 Å². The highest BCUT2D eigenvalue weighted by Crippen LogP contribution is 2.28. The Morgan fingerprint density at radius 1 is 1.24 bits per heavy atom. The van der Waals surface area contributed by atoms with Gasteiger partial charge in [-0.15, -0.1) is 0 Å². The van der Waals surface area contributed by atoms with Crippen LogP contribution >= 0.6 is 0 Å². The Morgan fingerprint density at radius 3 is 2.65 bits per heavy atom. The zero-order valence-electron chi connectivity index (χ0n) is 9.59. The van der Waals surface area contributed by atoms with E-state index in [-0.39, 0.29) is 0 Å². The standard InChI is InChI=1S/C13H15N3O/c1-8-5-6-16-13(15)11(8)12(17)9-3-2-4-10(14)7-9/h2-7,12,17H,14H2,1H3,(H2,15,16). The molecule has 5 N–H and O–H groups in total. The second kappa shape index (κ2) is 4.43. The van der Waals surface area contributed by atoms with Gasteiger partial charge in [-0.1, -0.05) is 12.1 Å². The lowest BCUT2D eigenvalue weighted by Crippen LogP contribution is -2.08. The molecule has 0 aliphatic carbocycles. The van der Waals surface area contributed by atoms with Crippen LogP contribution in [0.25, 0.3) is 0 Å². The highest BCUT2D eigenvalue weighted by molar-refractivity contribution is 5.51. The molecule has 0 fully saturated rings. The lowest BCUT2D eigenvalue weighted by Gasteiger charge is -2.16. The minimum atomic E-state index is -0.799. The number of anilines is 2. The normalized spacial score (nSPS) is 12.4. The van der Waals surface area contributed by atoms with Gasteiger partial charge in [0.2, 0.25) is 0 Å². The maximum atomic E-state index is 10.3. The molecule has 0 amide bonds. The molecule has 2 aromatic rings. The quantitative estimate of drug-likeness (QED) is 0.683. The summed E-state index contributed by atoms with van der Waals surface area (Å²) in [5.41, 5.74) is 14.4. The van der Waals surface area contributed by atoms with Gasteiger partial charge in [0, 0.05) is 17.4 Å². The van der Waals surface area contributed by atoms with Gasteiger partial charge in [0.05, 0.1) is 0 Å². The predicted molar refractivity (Wildman–Crippen MR) is 68.3 cm³/mol. The molecule has 1 unspecified atom stereocenters. The fourth-order valence-corrected chi connectivity index (χ4v) is 1.84. The number of nitrogen functional groups attached to an aromatic ring is 2. The lowest BCUT2D eigenvalue weighted by molar-refractivity contribution is 0.220. The average Bonchev–Trinajstić information content (AvgIpc) is 2.28. The summed E-state index contributed by atoms with van der Waals surface area (Å²) in [6.45, 7) is 1.89. The molecule has 0 saturated carbocycles. The van der Waals surface area contributed by atoms with E-state index < -0.39 is 6.10 Å². The monoisotopic (exact) mass is 229 g/mol. The van der Waals surface area contributed by atoms with Crippen molar-refractivity contribution in [1.29, 1.82) is 0 Å². The van der Waals surface area contributed by atoms with Crippen LogP contribution in [0.4, 0.5) is 11.5 Å². The number of hydrogen-bond acceptors (Lipinski definition) is 4. The van der Waals surface area contributed by atoms with E-state index in [1.165, 1.54) is 0 Å². The topological polar surface area (TPSA) is 85.2 Å². The van der Waals surface area contributed by atoms with Crippen molar-refractivity contribution in [1.82, 2.24) is 4.98 Å². The first kappa shape index (κ1) is 11.4. The van der Waals surface area contributed by atoms with Crippen LogP contribution in [-0.2, 0) is 0 Å². The zero-order chi connectivity index (χ0) is 12.4. The van der Waals surface area contributed by atoms with Gasteiger partial charge in [0.1, 0.15) is 11.9 Å². The third-order valence-corrected chi connectivity index (χ3v) is 2.74. The first-order valence-electron chi connectivity index (χ1n) is 5.34. The maximum absolute atomic E-state index is 10.3. The van der Waals surface area contributed by atoms with Crippen LogP contribution < -0.4 is 11.5 Å². The van der Waals surface area contributed by atoms with E-state index in [9.17, 15) is 5.11 Å². The van der Waals surface area contributed by atoms with Crippen LogP contribution in [0.5, 0.6) is 0 Å². The molecule has 2 rings (SSSR count). The van der Waals surface area contributed by atoms with Gasteiger partial charge < -0.3 is 16.6 Å². The maximum Gasteiger partial charge on any atom is 0.129 e. The number of hydrogen-bond donors (Lipinski definition) is 3. The second-order valence-corrected chi connectivity index (χ2v) is 4.00. The van der Waals surface area contributed by atoms with E-state index in [1.807, 2.05) is 19.1 Å². The summed E-state index contributed by atoms with van der Waals surface area (Å²) < 4.78 is 0. The van der Waals surface area contributed by atoms with E-state index in [1.54, 1.807) is 24.4 Å². The highest BCUT2D eigenvalue weighted by Gasteiger charge is 2.16. The van der Waals surface area contributed by atoms with Crippen molar-refractivity contribution in [2.24, 2.45) is 0 Å². The van der Waals surface area contributed by atoms with Crippen molar-refractivity contribution >= 4 is 11.5 Å². The van der Waals surface area contributed by atoms with E-state index in [0.29, 0.717) is 22.6 Å². The molecule has 17 heavy (non-hydrogen) atoms. The van der Waals surface area contributed by atoms with Crippen LogP contribution in [0.1, 0.15) is 22.8 Å². The second-order valence-electron chi connectivity index (χ2n) is 4.00. The van der Waals surface area contributed by atoms with Crippen molar-refractivity contribution in [2.75, 3.05) is 11.5 Å². The van der Waals surface area contributed by atoms with Gasteiger partial charge in [0.15, 0.2) is 0 Å². The van der Waals surface area contributed by atoms with Crippen LogP contribution in [0.15, 0.2) is 36.5 Å². The molecule has 0 aliphatic heterocycles. The summed E-state index contributed by atoms with van der Waals surface area (Å²) in [5, 5.41) is 10.3. The van der Waals surface area contributed by atoms with Crippen molar-refractivity contribution in [3.63, 3.8) is 0 Å². The van der Waals surface area contributed by atoms with Gasteiger partial charge >= 0.3 is 0 Å². The number of nitrogens with zero attached hydrogens (tertiary/aromatic N) is 1. The lowest BCUT2D eigenvalue weighted by atomic mass is 9.98. The molecule has 88 valence electrons. The van der Waals surface area contributed by atoms with E-state index in [2.05, 4.69) is 4.98 Å². The van der Waals surface area contributed by atoms with Gasteiger partial charge in [-0.2, -0.15) is 0 Å². The number of nitrogens with two attached hydrogens (primary N) is 2. The summed E-state index contributed by atoms with van der Waals surface area (Å²) in [4.78, 5) is 4.00. The fraction of sp³-hybridized carbons (Fsp3) is 0.154. The number of aliphatic hydroxyl groups excluding tert-OH is 1. The van der Waals surface area contributed by atoms with E-state index in [4.69, 9.17) is 11.5 Å². The third-order valence-electron chi connectivity index (χ3n) is 2.74. The summed E-state index contributed by atoms with van der Waals surface area (Å²) in [5.74, 6) is 0.347. The molecule has 0 saturated heterocycles. The number of aliphatic hydroxyl groups is 1. The Kier molecular flexibility index (Phi) is 2.97. The highest BCUT2D eigenvalue weighted by atomic mass is 16.3. The molecule has 0 aliphatic rings. The molecular formula is C13H15N3O. The summed E-state index contributed by atoms with van der Waals surface area (Å²) in [6.07, 6.45) is 0.826. The summed E-state index contributed by atoms with van der Waals surface area (Å²) >= 11 is 0. The molecule has 1 aromatic heterocycles. The number of aromatic nitrogens is 1. The van der Waals surface area contributed by atoms with E-state index >= 15 is 0 Å². The Bertz CT molecular complexity index is 520. The van der Waals surface area contributed by atoms with Crippen molar-refractivity contribution in [3.8, 4) is 0 Å². The van der Waals surface area contributed by atoms with Crippen LogP contribution in [0.3, 0.4) is 0 Å². The van der Waals surface area contributed by atoms with Crippen LogP contribution in [-0.4, -0.2) is 10.1 Å². The molecule has 4 heteroatoms. The molecule has 1 atom stereocenters. The molecular weight excluding hydrogens is 214 g/mol. The zero-order valence-corrected chi connectivity index (χ0v) is 9.59. The largest absolute Gasteiger partial charge is 0.399 e. The molecule has 4 nitrogen and oxygen atoms in total. The van der Waals surface area contributed by atoms with Gasteiger partial charge in [-0.3, -0.25) is 0 Å². The number of aryl methyl sites for hydroxylation is 1. The summed E-state index contributed by atoms with van der Waals surface area (Å²) in [6, 6.07) is 8.94. The average molecular weight is 229 g/mol. The Morgan fingerprint density at radius 2 is 2.00 bits per heavy atom. The first-order valence-corrected chi connectivity index (χ1v) is 5.34. The Hall–Kier alpha value is -2.07. The first-order chi connectivity index (χ1) is 8.09. The van der Waals surface area contributed by atoms with Crippen molar-refractivity contribution < 1.29 is 5.11 Å². The summed E-state index contributed by atoms with van der Waals surface area (Å²) in [7, 11) is 0. The van der Waals surface area contributed by atoms with Crippen molar-refractivity contribution in [2.45, 2.75) is 13.0 Å². The van der Waals surface area contributed by atoms with Crippen molar-refractivity contribution in [3.05, 3.63) is 53.2 Å². The van der Waals surface area contributed by atoms with E-state index in [0.717, 1.165) is 5.56 Å². The fourth-order valence-electron chi connectivity index (χ4n) is 1.84. The Balaban J connectivity index is 2.47. The van der Waals surface area contributed by atoms with Crippen LogP contribution in [0.2, 0.25) is 0 Å². The molecule has 1 heterocycles. The third kappa shape index (κ3) is 2.21. The van der Waals surface area contributed by atoms with Gasteiger partial charge in [0.25, 0.3) is 0 Å². The minimum absolute atomic E-state index is 0.347. The molecule has 0 radical (unpaired) electrons. The predicted octanol–water partition coefficient (Wildman–Crippen LogP) is 1.64.